The smallest absolute Gasteiger partial charge is 0.261 e. The molecule has 1 aromatic carbocycles. The molecule has 5 heteroatoms. The molecule has 0 radical (unpaired) electrons. The van der Waals surface area contributed by atoms with Crippen molar-refractivity contribution in [1.82, 2.24) is 0 Å². The molecule has 0 atom stereocenters. The lowest BCUT2D eigenvalue weighted by Crippen LogP contribution is -2.22. The summed E-state index contributed by atoms with van der Waals surface area (Å²) in [4.78, 5) is 0.209. The van der Waals surface area contributed by atoms with Crippen LogP contribution >= 0.6 is 10.7 Å². The van der Waals surface area contributed by atoms with E-state index in [1.54, 1.807) is 12.1 Å². The summed E-state index contributed by atoms with van der Waals surface area (Å²) >= 11 is 0. The van der Waals surface area contributed by atoms with Gasteiger partial charge in [0.25, 0.3) is 9.05 Å². The quantitative estimate of drug-likeness (QED) is 0.842. The third-order valence-corrected chi connectivity index (χ3v) is 4.44. The minimum absolute atomic E-state index is 0.0663. The van der Waals surface area contributed by atoms with Crippen molar-refractivity contribution in [3.05, 3.63) is 29.8 Å². The van der Waals surface area contributed by atoms with E-state index in [0.29, 0.717) is 6.42 Å². The second-order valence-electron chi connectivity index (χ2n) is 4.41. The van der Waals surface area contributed by atoms with Crippen LogP contribution in [0, 0.1) is 0 Å². The number of nitrogens with two attached hydrogens (primary N) is 1. The first-order valence-corrected chi connectivity index (χ1v) is 7.53. The Morgan fingerprint density at radius 2 is 1.94 bits per heavy atom. The molecule has 0 saturated heterocycles. The number of aryl methyl sites for hydroxylation is 1. The standard InChI is InChI=1S/C11H14ClNO2S/c12-16(14,15)10-4-2-1-3-9(10)5-6-11(13)7-8-11/h1-4H,5-8,13H2. The van der Waals surface area contributed by atoms with Crippen LogP contribution < -0.4 is 5.73 Å². The van der Waals surface area contributed by atoms with E-state index in [4.69, 9.17) is 16.4 Å². The van der Waals surface area contributed by atoms with E-state index in [1.165, 1.54) is 6.07 Å². The van der Waals surface area contributed by atoms with Gasteiger partial charge < -0.3 is 5.73 Å². The first-order valence-electron chi connectivity index (χ1n) is 5.22. The van der Waals surface area contributed by atoms with Crippen molar-refractivity contribution in [2.75, 3.05) is 0 Å². The average molecular weight is 260 g/mol. The fraction of sp³-hybridized carbons (Fsp3) is 0.455. The zero-order valence-corrected chi connectivity index (χ0v) is 10.4. The summed E-state index contributed by atoms with van der Waals surface area (Å²) in [5.74, 6) is 0. The van der Waals surface area contributed by atoms with Crippen LogP contribution in [0.15, 0.2) is 29.2 Å². The van der Waals surface area contributed by atoms with Gasteiger partial charge in [-0.3, -0.25) is 0 Å². The zero-order chi connectivity index (χ0) is 11.8. The van der Waals surface area contributed by atoms with E-state index in [9.17, 15) is 8.42 Å². The molecule has 1 aliphatic rings. The van der Waals surface area contributed by atoms with E-state index < -0.39 is 9.05 Å². The van der Waals surface area contributed by atoms with Crippen molar-refractivity contribution in [3.8, 4) is 0 Å². The molecule has 0 unspecified atom stereocenters. The zero-order valence-electron chi connectivity index (χ0n) is 8.82. The molecule has 0 aliphatic heterocycles. The Kier molecular flexibility index (Phi) is 2.99. The van der Waals surface area contributed by atoms with E-state index >= 15 is 0 Å². The van der Waals surface area contributed by atoms with Gasteiger partial charge in [-0.15, -0.1) is 0 Å². The minimum atomic E-state index is -3.65. The fourth-order valence-corrected chi connectivity index (χ4v) is 2.92. The topological polar surface area (TPSA) is 60.2 Å². The highest BCUT2D eigenvalue weighted by molar-refractivity contribution is 8.13. The average Bonchev–Trinajstić information content (AvgIpc) is 2.94. The highest BCUT2D eigenvalue weighted by Crippen LogP contribution is 2.37. The molecular weight excluding hydrogens is 246 g/mol. The van der Waals surface area contributed by atoms with Gasteiger partial charge in [0.1, 0.15) is 0 Å². The lowest BCUT2D eigenvalue weighted by molar-refractivity contribution is 0.595. The number of benzene rings is 1. The molecule has 1 aliphatic carbocycles. The molecule has 88 valence electrons. The molecule has 3 nitrogen and oxygen atoms in total. The molecule has 2 N–H and O–H groups in total. The molecule has 1 saturated carbocycles. The third-order valence-electron chi connectivity index (χ3n) is 3.02. The van der Waals surface area contributed by atoms with Gasteiger partial charge in [-0.05, 0) is 37.3 Å². The predicted molar refractivity (Wildman–Crippen MR) is 64.0 cm³/mol. The van der Waals surface area contributed by atoms with Crippen molar-refractivity contribution in [2.45, 2.75) is 36.1 Å². The van der Waals surface area contributed by atoms with Crippen LogP contribution in [0.1, 0.15) is 24.8 Å². The Labute approximate surface area is 100 Å². The van der Waals surface area contributed by atoms with Crippen molar-refractivity contribution in [1.29, 1.82) is 0 Å². The molecule has 0 spiro atoms. The summed E-state index contributed by atoms with van der Waals surface area (Å²) in [6.45, 7) is 0. The number of rotatable bonds is 4. The summed E-state index contributed by atoms with van der Waals surface area (Å²) in [7, 11) is 1.72. The number of halogens is 1. The van der Waals surface area contributed by atoms with Crippen LogP contribution in [0.5, 0.6) is 0 Å². The van der Waals surface area contributed by atoms with Crippen molar-refractivity contribution in [2.24, 2.45) is 5.73 Å². The van der Waals surface area contributed by atoms with Crippen LogP contribution in [-0.2, 0) is 15.5 Å². The predicted octanol–water partition coefficient (Wildman–Crippen LogP) is 2.04. The van der Waals surface area contributed by atoms with E-state index in [2.05, 4.69) is 0 Å². The monoisotopic (exact) mass is 259 g/mol. The minimum Gasteiger partial charge on any atom is -0.325 e. The molecule has 16 heavy (non-hydrogen) atoms. The van der Waals surface area contributed by atoms with E-state index in [0.717, 1.165) is 24.8 Å². The van der Waals surface area contributed by atoms with Gasteiger partial charge in [-0.2, -0.15) is 0 Å². The van der Waals surface area contributed by atoms with Crippen molar-refractivity contribution >= 4 is 19.7 Å². The van der Waals surface area contributed by atoms with Crippen LogP contribution in [0.4, 0.5) is 0 Å². The maximum Gasteiger partial charge on any atom is 0.261 e. The molecule has 0 amide bonds. The lowest BCUT2D eigenvalue weighted by Gasteiger charge is -2.10. The summed E-state index contributed by atoms with van der Waals surface area (Å²) in [5, 5.41) is 0. The fourth-order valence-electron chi connectivity index (χ4n) is 1.74. The molecular formula is C11H14ClNO2S. The second-order valence-corrected chi connectivity index (χ2v) is 6.94. The normalized spacial score (nSPS) is 18.4. The molecule has 1 fully saturated rings. The highest BCUT2D eigenvalue weighted by atomic mass is 35.7. The first kappa shape index (κ1) is 11.9. The van der Waals surface area contributed by atoms with Crippen molar-refractivity contribution in [3.63, 3.8) is 0 Å². The Morgan fingerprint density at radius 3 is 2.50 bits per heavy atom. The van der Waals surface area contributed by atoms with Gasteiger partial charge in [0.05, 0.1) is 4.90 Å². The van der Waals surface area contributed by atoms with Gasteiger partial charge in [0.15, 0.2) is 0 Å². The van der Waals surface area contributed by atoms with Crippen molar-refractivity contribution < 1.29 is 8.42 Å². The van der Waals surface area contributed by atoms with Crippen LogP contribution in [-0.4, -0.2) is 14.0 Å². The maximum absolute atomic E-state index is 11.3. The third kappa shape index (κ3) is 2.75. The Bertz CT molecular complexity index is 494. The van der Waals surface area contributed by atoms with Gasteiger partial charge in [-0.25, -0.2) is 8.42 Å². The largest absolute Gasteiger partial charge is 0.325 e. The molecule has 2 rings (SSSR count). The Balaban J connectivity index is 2.20. The van der Waals surface area contributed by atoms with Gasteiger partial charge in [-0.1, -0.05) is 18.2 Å². The van der Waals surface area contributed by atoms with E-state index in [1.807, 2.05) is 6.07 Å². The second kappa shape index (κ2) is 4.02. The molecule has 0 bridgehead atoms. The highest BCUT2D eigenvalue weighted by Gasteiger charge is 2.37. The van der Waals surface area contributed by atoms with E-state index in [-0.39, 0.29) is 10.4 Å². The number of hydrogen-bond acceptors (Lipinski definition) is 3. The molecule has 0 heterocycles. The van der Waals surface area contributed by atoms with Gasteiger partial charge in [0.2, 0.25) is 0 Å². The molecule has 0 aromatic heterocycles. The maximum atomic E-state index is 11.3. The van der Waals surface area contributed by atoms with Crippen LogP contribution in [0.25, 0.3) is 0 Å². The lowest BCUT2D eigenvalue weighted by atomic mass is 10.0. The first-order chi connectivity index (χ1) is 7.41. The van der Waals surface area contributed by atoms with Gasteiger partial charge in [0, 0.05) is 16.2 Å². The SMILES string of the molecule is NC1(CCc2ccccc2S(=O)(=O)Cl)CC1. The summed E-state index contributed by atoms with van der Waals surface area (Å²) in [6, 6.07) is 6.82. The van der Waals surface area contributed by atoms with Crippen LogP contribution in [0.2, 0.25) is 0 Å². The van der Waals surface area contributed by atoms with Gasteiger partial charge >= 0.3 is 0 Å². The summed E-state index contributed by atoms with van der Waals surface area (Å²) < 4.78 is 22.7. The summed E-state index contributed by atoms with van der Waals surface area (Å²) in [5.41, 5.74) is 6.66. The van der Waals surface area contributed by atoms with Crippen LogP contribution in [0.3, 0.4) is 0 Å². The molecule has 1 aromatic rings. The Morgan fingerprint density at radius 1 is 1.31 bits per heavy atom. The number of hydrogen-bond donors (Lipinski definition) is 1. The Hall–Kier alpha value is -0.580. The summed E-state index contributed by atoms with van der Waals surface area (Å²) in [6.07, 6.45) is 3.54.